The van der Waals surface area contributed by atoms with Crippen molar-refractivity contribution in [2.24, 2.45) is 5.92 Å². The Kier molecular flexibility index (Phi) is 4.05. The Labute approximate surface area is 126 Å². The molecule has 1 aliphatic rings. The number of aryl methyl sites for hydroxylation is 1. The van der Waals surface area contributed by atoms with Gasteiger partial charge in [-0.3, -0.25) is 4.79 Å². The molecule has 1 saturated carbocycles. The number of Topliss-reactive ketones (excluding diaryl/α,β-unsaturated/α-hetero) is 1. The zero-order chi connectivity index (χ0) is 14.7. The number of ketones is 1. The summed E-state index contributed by atoms with van der Waals surface area (Å²) < 4.78 is 0. The molecule has 0 radical (unpaired) electrons. The minimum atomic E-state index is 0.0574. The average molecular weight is 279 g/mol. The van der Waals surface area contributed by atoms with Gasteiger partial charge in [-0.25, -0.2) is 0 Å². The lowest BCUT2D eigenvalue weighted by molar-refractivity contribution is -0.120. The molecule has 1 aliphatic carbocycles. The first-order valence-electron chi connectivity index (χ1n) is 7.63. The van der Waals surface area contributed by atoms with Gasteiger partial charge in [0, 0.05) is 18.0 Å². The molecule has 0 saturated heterocycles. The number of carbonyl (C=O) groups excluding carboxylic acids is 1. The van der Waals surface area contributed by atoms with E-state index in [9.17, 15) is 4.79 Å². The molecular weight excluding hydrogens is 258 g/mol. The van der Waals surface area contributed by atoms with E-state index >= 15 is 0 Å². The second-order valence-electron chi connectivity index (χ2n) is 5.92. The van der Waals surface area contributed by atoms with Gasteiger partial charge in [0.1, 0.15) is 5.78 Å². The predicted molar refractivity (Wildman–Crippen MR) is 86.3 cm³/mol. The van der Waals surface area contributed by atoms with Crippen molar-refractivity contribution >= 4 is 11.5 Å². The number of rotatable bonds is 6. The third-order valence-electron chi connectivity index (χ3n) is 4.03. The molecule has 21 heavy (non-hydrogen) atoms. The highest BCUT2D eigenvalue weighted by atomic mass is 16.1. The molecule has 2 nitrogen and oxygen atoms in total. The normalized spacial score (nSPS) is 15.5. The van der Waals surface area contributed by atoms with E-state index in [1.54, 1.807) is 0 Å². The fourth-order valence-electron chi connectivity index (χ4n) is 2.56. The summed E-state index contributed by atoms with van der Waals surface area (Å²) in [5.41, 5.74) is 3.48. The number of carbonyl (C=O) groups is 1. The van der Waals surface area contributed by atoms with Crippen LogP contribution in [0.2, 0.25) is 0 Å². The Bertz CT molecular complexity index is 599. The zero-order valence-corrected chi connectivity index (χ0v) is 12.4. The molecule has 2 aromatic rings. The summed E-state index contributed by atoms with van der Waals surface area (Å²) in [6.07, 6.45) is 2.72. The smallest absolute Gasteiger partial charge is 0.138 e. The van der Waals surface area contributed by atoms with Crippen LogP contribution in [0.25, 0.3) is 0 Å². The first-order chi connectivity index (χ1) is 10.2. The molecule has 1 N–H and O–H groups in total. The SMILES string of the molecule is Cc1ccc(N[C@@H](CC(=O)C2CC2)c2ccccc2)cc1. The first kappa shape index (κ1) is 13.9. The maximum atomic E-state index is 12.2. The van der Waals surface area contributed by atoms with Crippen LogP contribution in [0.15, 0.2) is 54.6 Å². The molecule has 0 heterocycles. The van der Waals surface area contributed by atoms with Crippen molar-refractivity contribution in [3.63, 3.8) is 0 Å². The minimum absolute atomic E-state index is 0.0574. The van der Waals surface area contributed by atoms with Gasteiger partial charge < -0.3 is 5.32 Å². The lowest BCUT2D eigenvalue weighted by Crippen LogP contribution is -2.16. The monoisotopic (exact) mass is 279 g/mol. The number of nitrogens with one attached hydrogen (secondary N) is 1. The molecule has 0 amide bonds. The Balaban J connectivity index is 1.77. The highest BCUT2D eigenvalue weighted by molar-refractivity contribution is 5.84. The second-order valence-corrected chi connectivity index (χ2v) is 5.92. The van der Waals surface area contributed by atoms with Gasteiger partial charge in [-0.1, -0.05) is 48.0 Å². The Morgan fingerprint density at radius 3 is 2.38 bits per heavy atom. The fraction of sp³-hybridized carbons (Fsp3) is 0.316. The lowest BCUT2D eigenvalue weighted by atomic mass is 9.99. The summed E-state index contributed by atoms with van der Waals surface area (Å²) in [6, 6.07) is 18.6. The molecule has 0 aromatic heterocycles. The van der Waals surface area contributed by atoms with Crippen molar-refractivity contribution in [1.82, 2.24) is 0 Å². The topological polar surface area (TPSA) is 29.1 Å². The highest BCUT2D eigenvalue weighted by Crippen LogP contribution is 2.34. The van der Waals surface area contributed by atoms with E-state index in [0.717, 1.165) is 18.5 Å². The summed E-state index contributed by atoms with van der Waals surface area (Å²) in [5, 5.41) is 3.52. The average Bonchev–Trinajstić information content (AvgIpc) is 3.34. The van der Waals surface area contributed by atoms with Crippen LogP contribution in [0.1, 0.15) is 36.4 Å². The fourth-order valence-corrected chi connectivity index (χ4v) is 2.56. The molecule has 0 spiro atoms. The van der Waals surface area contributed by atoms with Gasteiger partial charge in [0.15, 0.2) is 0 Å². The summed E-state index contributed by atoms with van der Waals surface area (Å²) >= 11 is 0. The largest absolute Gasteiger partial charge is 0.378 e. The summed E-state index contributed by atoms with van der Waals surface area (Å²) in [5.74, 6) is 0.708. The van der Waals surface area contributed by atoms with E-state index in [0.29, 0.717) is 18.1 Å². The second kappa shape index (κ2) is 6.13. The highest BCUT2D eigenvalue weighted by Gasteiger charge is 2.31. The number of anilines is 1. The molecule has 0 unspecified atom stereocenters. The van der Waals surface area contributed by atoms with Crippen LogP contribution in [0.4, 0.5) is 5.69 Å². The van der Waals surface area contributed by atoms with E-state index in [1.807, 2.05) is 18.2 Å². The van der Waals surface area contributed by atoms with Crippen molar-refractivity contribution in [2.75, 3.05) is 5.32 Å². The summed E-state index contributed by atoms with van der Waals surface area (Å²) in [7, 11) is 0. The van der Waals surface area contributed by atoms with Crippen LogP contribution in [0.5, 0.6) is 0 Å². The third-order valence-corrected chi connectivity index (χ3v) is 4.03. The van der Waals surface area contributed by atoms with Crippen LogP contribution >= 0.6 is 0 Å². The summed E-state index contributed by atoms with van der Waals surface area (Å²) in [4.78, 5) is 12.2. The van der Waals surface area contributed by atoms with Crippen LogP contribution < -0.4 is 5.32 Å². The maximum Gasteiger partial charge on any atom is 0.138 e. The van der Waals surface area contributed by atoms with Crippen LogP contribution in [-0.4, -0.2) is 5.78 Å². The third kappa shape index (κ3) is 3.72. The summed E-state index contributed by atoms with van der Waals surface area (Å²) in [6.45, 7) is 2.08. The maximum absolute atomic E-state index is 12.2. The van der Waals surface area contributed by atoms with Gasteiger partial charge in [0.05, 0.1) is 6.04 Å². The standard InChI is InChI=1S/C19H21NO/c1-14-7-11-17(12-8-14)20-18(13-19(21)16-9-10-16)15-5-3-2-4-6-15/h2-8,11-12,16,18,20H,9-10,13H2,1H3/t18-/m0/s1. The van der Waals surface area contributed by atoms with E-state index in [1.165, 1.54) is 11.1 Å². The number of benzene rings is 2. The van der Waals surface area contributed by atoms with E-state index in [2.05, 4.69) is 48.6 Å². The molecule has 0 bridgehead atoms. The molecule has 1 atom stereocenters. The van der Waals surface area contributed by atoms with Crippen LogP contribution in [0, 0.1) is 12.8 Å². The van der Waals surface area contributed by atoms with E-state index < -0.39 is 0 Å². The van der Waals surface area contributed by atoms with Crippen molar-refractivity contribution in [2.45, 2.75) is 32.2 Å². The van der Waals surface area contributed by atoms with Gasteiger partial charge in [-0.05, 0) is 37.5 Å². The predicted octanol–water partition coefficient (Wildman–Crippen LogP) is 4.52. The Morgan fingerprint density at radius 2 is 1.76 bits per heavy atom. The molecule has 108 valence electrons. The zero-order valence-electron chi connectivity index (χ0n) is 12.4. The lowest BCUT2D eigenvalue weighted by Gasteiger charge is -2.20. The first-order valence-corrected chi connectivity index (χ1v) is 7.63. The van der Waals surface area contributed by atoms with Crippen molar-refractivity contribution in [3.05, 3.63) is 65.7 Å². The van der Waals surface area contributed by atoms with Crippen molar-refractivity contribution in [1.29, 1.82) is 0 Å². The molecule has 2 heteroatoms. The van der Waals surface area contributed by atoms with Gasteiger partial charge in [-0.2, -0.15) is 0 Å². The van der Waals surface area contributed by atoms with Crippen LogP contribution in [-0.2, 0) is 4.79 Å². The molecule has 0 aliphatic heterocycles. The Hall–Kier alpha value is -2.09. The van der Waals surface area contributed by atoms with Crippen LogP contribution in [0.3, 0.4) is 0 Å². The van der Waals surface area contributed by atoms with Gasteiger partial charge in [-0.15, -0.1) is 0 Å². The quantitative estimate of drug-likeness (QED) is 0.842. The van der Waals surface area contributed by atoms with E-state index in [4.69, 9.17) is 0 Å². The number of hydrogen-bond donors (Lipinski definition) is 1. The molecule has 3 rings (SSSR count). The molecule has 2 aromatic carbocycles. The molecular formula is C19H21NO. The van der Waals surface area contributed by atoms with E-state index in [-0.39, 0.29) is 6.04 Å². The van der Waals surface area contributed by atoms with Gasteiger partial charge in [0.2, 0.25) is 0 Å². The molecule has 1 fully saturated rings. The Morgan fingerprint density at radius 1 is 1.10 bits per heavy atom. The van der Waals surface area contributed by atoms with Crippen molar-refractivity contribution in [3.8, 4) is 0 Å². The van der Waals surface area contributed by atoms with Gasteiger partial charge >= 0.3 is 0 Å². The number of hydrogen-bond acceptors (Lipinski definition) is 2. The van der Waals surface area contributed by atoms with Crippen molar-refractivity contribution < 1.29 is 4.79 Å². The van der Waals surface area contributed by atoms with Gasteiger partial charge in [0.25, 0.3) is 0 Å². The minimum Gasteiger partial charge on any atom is -0.378 e.